The normalized spacial score (nSPS) is 28.5. The number of benzene rings is 2. The zero-order chi connectivity index (χ0) is 21.6. The van der Waals surface area contributed by atoms with E-state index in [1.165, 1.54) is 10.4 Å². The standard InChI is InChI=1S/C24H32O5Si/c1-23(2,3)30(17-12-8-6-9-13-17,18-14-10-7-11-15-18)26-16-19-20(25)21-22(27-19)29-24(4,5)28-21/h6-15,19-22,25H,16H2,1-5H3/t19-,20-,21+,22+/m0/s1. The lowest BCUT2D eigenvalue weighted by molar-refractivity contribution is -0.217. The number of hydrogen-bond acceptors (Lipinski definition) is 5. The van der Waals surface area contributed by atoms with E-state index in [9.17, 15) is 5.11 Å². The Hall–Kier alpha value is -1.54. The second kappa shape index (κ2) is 7.86. The van der Waals surface area contributed by atoms with Crippen LogP contribution in [0.15, 0.2) is 60.7 Å². The summed E-state index contributed by atoms with van der Waals surface area (Å²) in [5.74, 6) is -0.750. The van der Waals surface area contributed by atoms with Crippen LogP contribution in [0.4, 0.5) is 0 Å². The first-order valence-electron chi connectivity index (χ1n) is 10.6. The van der Waals surface area contributed by atoms with E-state index >= 15 is 0 Å². The average molecular weight is 429 g/mol. The number of fused-ring (bicyclic) bond motifs is 1. The zero-order valence-electron chi connectivity index (χ0n) is 18.4. The number of ether oxygens (including phenoxy) is 3. The quantitative estimate of drug-likeness (QED) is 0.742. The van der Waals surface area contributed by atoms with E-state index in [0.717, 1.165) is 0 Å². The molecular formula is C24H32O5Si. The Morgan fingerprint density at radius 3 is 1.93 bits per heavy atom. The second-order valence-corrected chi connectivity index (χ2v) is 13.9. The molecule has 0 bridgehead atoms. The molecule has 0 spiro atoms. The molecule has 2 aromatic rings. The molecule has 6 heteroatoms. The number of hydrogen-bond donors (Lipinski definition) is 1. The third-order valence-corrected chi connectivity index (χ3v) is 11.0. The molecule has 1 N–H and O–H groups in total. The van der Waals surface area contributed by atoms with E-state index in [1.54, 1.807) is 0 Å². The minimum Gasteiger partial charge on any atom is -0.405 e. The maximum atomic E-state index is 10.8. The van der Waals surface area contributed by atoms with Crippen LogP contribution in [0, 0.1) is 0 Å². The van der Waals surface area contributed by atoms with Gasteiger partial charge in [-0.1, -0.05) is 81.4 Å². The summed E-state index contributed by atoms with van der Waals surface area (Å²) in [7, 11) is -2.68. The molecule has 0 aromatic heterocycles. The van der Waals surface area contributed by atoms with E-state index < -0.39 is 38.7 Å². The van der Waals surface area contributed by atoms with Gasteiger partial charge in [0.25, 0.3) is 8.32 Å². The summed E-state index contributed by atoms with van der Waals surface area (Å²) < 4.78 is 24.5. The molecule has 4 atom stereocenters. The van der Waals surface area contributed by atoms with Gasteiger partial charge in [0.1, 0.15) is 18.3 Å². The highest BCUT2D eigenvalue weighted by Gasteiger charge is 2.56. The Balaban J connectivity index is 1.65. The third kappa shape index (κ3) is 3.77. The topological polar surface area (TPSA) is 57.2 Å². The number of aliphatic hydroxyl groups excluding tert-OH is 1. The van der Waals surface area contributed by atoms with Crippen LogP contribution in [0.2, 0.25) is 5.04 Å². The van der Waals surface area contributed by atoms with Crippen molar-refractivity contribution >= 4 is 18.7 Å². The molecule has 0 saturated carbocycles. The molecule has 2 heterocycles. The second-order valence-electron chi connectivity index (χ2n) is 9.61. The van der Waals surface area contributed by atoms with Crippen molar-refractivity contribution < 1.29 is 23.7 Å². The molecule has 30 heavy (non-hydrogen) atoms. The van der Waals surface area contributed by atoms with Crippen molar-refractivity contribution in [1.29, 1.82) is 0 Å². The van der Waals surface area contributed by atoms with Crippen molar-refractivity contribution in [2.75, 3.05) is 6.61 Å². The summed E-state index contributed by atoms with van der Waals surface area (Å²) in [4.78, 5) is 0. The predicted octanol–water partition coefficient (Wildman–Crippen LogP) is 2.80. The first-order valence-corrected chi connectivity index (χ1v) is 12.5. The largest absolute Gasteiger partial charge is 0.405 e. The van der Waals surface area contributed by atoms with Gasteiger partial charge in [-0.3, -0.25) is 0 Å². The first kappa shape index (κ1) is 21.7. The van der Waals surface area contributed by atoms with Crippen LogP contribution in [-0.4, -0.2) is 50.4 Å². The van der Waals surface area contributed by atoms with Crippen LogP contribution >= 0.6 is 0 Å². The van der Waals surface area contributed by atoms with E-state index in [1.807, 2.05) is 26.0 Å². The van der Waals surface area contributed by atoms with Crippen LogP contribution in [0.5, 0.6) is 0 Å². The molecule has 2 fully saturated rings. The van der Waals surface area contributed by atoms with Gasteiger partial charge in [0.2, 0.25) is 0 Å². The molecule has 0 aliphatic carbocycles. The highest BCUT2D eigenvalue weighted by atomic mass is 28.4. The Kier molecular flexibility index (Phi) is 5.68. The molecule has 0 radical (unpaired) electrons. The van der Waals surface area contributed by atoms with Gasteiger partial charge in [-0.15, -0.1) is 0 Å². The van der Waals surface area contributed by atoms with Gasteiger partial charge in [0.15, 0.2) is 12.1 Å². The van der Waals surface area contributed by atoms with Crippen LogP contribution < -0.4 is 10.4 Å². The molecule has 2 aromatic carbocycles. The lowest BCUT2D eigenvalue weighted by Crippen LogP contribution is -2.67. The summed E-state index contributed by atoms with van der Waals surface area (Å²) >= 11 is 0. The minimum atomic E-state index is -2.68. The SMILES string of the molecule is CC1(C)O[C@H]2O[C@@H](CO[Si](c3ccccc3)(c3ccccc3)C(C)(C)C)[C@H](O)[C@H]2O1. The van der Waals surface area contributed by atoms with Crippen LogP contribution in [0.1, 0.15) is 34.6 Å². The minimum absolute atomic E-state index is 0.135. The zero-order valence-corrected chi connectivity index (χ0v) is 19.4. The monoisotopic (exact) mass is 428 g/mol. The van der Waals surface area contributed by atoms with Gasteiger partial charge >= 0.3 is 0 Å². The molecule has 162 valence electrons. The fourth-order valence-electron chi connectivity index (χ4n) is 4.66. The van der Waals surface area contributed by atoms with Crippen molar-refractivity contribution in [2.45, 2.75) is 70.0 Å². The van der Waals surface area contributed by atoms with Crippen molar-refractivity contribution in [3.8, 4) is 0 Å². The molecular weight excluding hydrogens is 396 g/mol. The number of rotatable bonds is 5. The highest BCUT2D eigenvalue weighted by molar-refractivity contribution is 6.99. The van der Waals surface area contributed by atoms with E-state index in [2.05, 4.69) is 69.3 Å². The van der Waals surface area contributed by atoms with Crippen molar-refractivity contribution in [2.24, 2.45) is 0 Å². The summed E-state index contributed by atoms with van der Waals surface area (Å²) in [5, 5.41) is 13.1. The Morgan fingerprint density at radius 1 is 0.933 bits per heavy atom. The molecule has 2 aliphatic rings. The van der Waals surface area contributed by atoms with Gasteiger partial charge in [-0.25, -0.2) is 0 Å². The fraction of sp³-hybridized carbons (Fsp3) is 0.500. The Bertz CT molecular complexity index is 809. The average Bonchev–Trinajstić information content (AvgIpc) is 3.15. The molecule has 2 aliphatic heterocycles. The third-order valence-electron chi connectivity index (χ3n) is 6.00. The van der Waals surface area contributed by atoms with Crippen molar-refractivity contribution in [1.82, 2.24) is 0 Å². The van der Waals surface area contributed by atoms with Crippen LogP contribution in [-0.2, 0) is 18.6 Å². The van der Waals surface area contributed by atoms with Gasteiger partial charge < -0.3 is 23.7 Å². The Morgan fingerprint density at radius 2 is 1.47 bits per heavy atom. The molecule has 5 nitrogen and oxygen atoms in total. The lowest BCUT2D eigenvalue weighted by atomic mass is 10.1. The summed E-state index contributed by atoms with van der Waals surface area (Å²) in [5.41, 5.74) is 0. The summed E-state index contributed by atoms with van der Waals surface area (Å²) in [6, 6.07) is 20.9. The summed E-state index contributed by atoms with van der Waals surface area (Å²) in [6.07, 6.45) is -2.36. The van der Waals surface area contributed by atoms with E-state index in [-0.39, 0.29) is 11.6 Å². The van der Waals surface area contributed by atoms with Crippen LogP contribution in [0.3, 0.4) is 0 Å². The Labute approximate surface area is 180 Å². The maximum Gasteiger partial charge on any atom is 0.261 e. The molecule has 2 saturated heterocycles. The van der Waals surface area contributed by atoms with Gasteiger partial charge in [-0.2, -0.15) is 0 Å². The molecule has 4 rings (SSSR count). The molecule has 0 amide bonds. The fourth-order valence-corrected chi connectivity index (χ4v) is 9.23. The van der Waals surface area contributed by atoms with Crippen LogP contribution in [0.25, 0.3) is 0 Å². The van der Waals surface area contributed by atoms with Crippen molar-refractivity contribution in [3.63, 3.8) is 0 Å². The predicted molar refractivity (Wildman–Crippen MR) is 118 cm³/mol. The van der Waals surface area contributed by atoms with E-state index in [4.69, 9.17) is 18.6 Å². The van der Waals surface area contributed by atoms with Gasteiger partial charge in [0, 0.05) is 0 Å². The molecule has 0 unspecified atom stereocenters. The van der Waals surface area contributed by atoms with Crippen molar-refractivity contribution in [3.05, 3.63) is 60.7 Å². The summed E-state index contributed by atoms with van der Waals surface area (Å²) in [6.45, 7) is 10.6. The first-order chi connectivity index (χ1) is 14.1. The van der Waals surface area contributed by atoms with Gasteiger partial charge in [0.05, 0.1) is 6.61 Å². The highest BCUT2D eigenvalue weighted by Crippen LogP contribution is 2.40. The lowest BCUT2D eigenvalue weighted by Gasteiger charge is -2.43. The van der Waals surface area contributed by atoms with E-state index in [0.29, 0.717) is 0 Å². The van der Waals surface area contributed by atoms with Gasteiger partial charge in [-0.05, 0) is 29.3 Å². The smallest absolute Gasteiger partial charge is 0.261 e. The number of aliphatic hydroxyl groups is 1. The maximum absolute atomic E-state index is 10.8.